The normalized spacial score (nSPS) is 6.00. The van der Waals surface area contributed by atoms with Crippen molar-refractivity contribution in [1.29, 1.82) is 0 Å². The summed E-state index contributed by atoms with van der Waals surface area (Å²) in [5, 5.41) is 0. The summed E-state index contributed by atoms with van der Waals surface area (Å²) in [5.41, 5.74) is 0. The van der Waals surface area contributed by atoms with E-state index >= 15 is 0 Å². The summed E-state index contributed by atoms with van der Waals surface area (Å²) in [4.78, 5) is 14.0. The molecule has 0 aliphatic carbocycles. The first-order valence-corrected chi connectivity index (χ1v) is 2.30. The fourth-order valence-corrected chi connectivity index (χ4v) is 0. The van der Waals surface area contributed by atoms with E-state index in [0.717, 1.165) is 0 Å². The van der Waals surface area contributed by atoms with Crippen LogP contribution in [0.4, 0.5) is 0 Å². The van der Waals surface area contributed by atoms with Crippen LogP contribution >= 0.6 is 17.4 Å². The minimum atomic E-state index is -0.833. The largest absolute Gasteiger partial charge is 0.324 e. The molecule has 0 saturated heterocycles. The number of rotatable bonds is 0. The minimum Gasteiger partial charge on any atom is -0.310 e. The Labute approximate surface area is 54.0 Å². The molecule has 2 radical (unpaired) electrons. The van der Waals surface area contributed by atoms with Crippen LogP contribution in [0.3, 0.4) is 0 Å². The van der Waals surface area contributed by atoms with Crippen molar-refractivity contribution in [2.45, 2.75) is 0 Å². The fourth-order valence-electron chi connectivity index (χ4n) is 0. The third-order valence-electron chi connectivity index (χ3n) is 0. The molecule has 7 heavy (non-hydrogen) atoms. The molecular weight excluding hydrogens is 205 g/mol. The molecule has 2 N–H and O–H groups in total. The van der Waals surface area contributed by atoms with Gasteiger partial charge in [0, 0.05) is 17.1 Å². The predicted octanol–water partition coefficient (Wildman–Crippen LogP) is -0.0100. The zero-order valence-corrected chi connectivity index (χ0v) is 6.52. The van der Waals surface area contributed by atoms with Crippen LogP contribution in [0.25, 0.3) is 0 Å². The molecule has 0 saturated carbocycles. The van der Waals surface area contributed by atoms with E-state index in [9.17, 15) is 0 Å². The van der Waals surface area contributed by atoms with E-state index in [-0.39, 0.29) is 17.1 Å². The summed E-state index contributed by atoms with van der Waals surface area (Å²) >= 11 is 0. The van der Waals surface area contributed by atoms with Gasteiger partial charge in [-0.15, -0.1) is 0 Å². The molecule has 0 aromatic carbocycles. The average molecular weight is 207 g/mol. The van der Waals surface area contributed by atoms with Gasteiger partial charge in [0.25, 0.3) is 0 Å². The van der Waals surface area contributed by atoms with Crippen molar-refractivity contribution < 1.29 is 18.9 Å². The van der Waals surface area contributed by atoms with Crippen molar-refractivity contribution in [1.82, 2.24) is 0 Å². The molecule has 0 fully saturated rings. The van der Waals surface area contributed by atoms with E-state index in [0.29, 0.717) is 0 Å². The van der Waals surface area contributed by atoms with Gasteiger partial charge in [-0.25, -0.2) is 9.13 Å². The molecule has 0 atom stereocenters. The maximum absolute atomic E-state index is 8.46. The molecule has 0 bridgehead atoms. The second-order valence-electron chi connectivity index (χ2n) is 0.163. The van der Waals surface area contributed by atoms with Gasteiger partial charge in [0.2, 0.25) is 0 Å². The molecule has 0 aromatic heterocycles. The van der Waals surface area contributed by atoms with E-state index in [2.05, 4.69) is 0 Å². The molecule has 7 heteroatoms. The third-order valence-corrected chi connectivity index (χ3v) is 0. The van der Waals surface area contributed by atoms with Gasteiger partial charge < -0.3 is 9.79 Å². The third kappa shape index (κ3) is 349. The Morgan fingerprint density at radius 3 is 1.00 bits per heavy atom. The molecule has 0 aliphatic rings. The Hall–Kier alpha value is 0.639. The molecule has 0 amide bonds. The summed E-state index contributed by atoms with van der Waals surface area (Å²) in [6, 6.07) is 0. The zero-order valence-electron chi connectivity index (χ0n) is 3.01. The summed E-state index contributed by atoms with van der Waals surface area (Å²) < 4.78 is 16.9. The Balaban J connectivity index is -0.0000000400. The predicted molar refractivity (Wildman–Crippen MR) is 25.4 cm³/mol. The quantitative estimate of drug-likeness (QED) is 0.432. The van der Waals surface area contributed by atoms with Gasteiger partial charge in [-0.2, -0.15) is 0 Å². The summed E-state index contributed by atoms with van der Waals surface area (Å²) in [6.07, 6.45) is 0. The SMILES string of the molecule is O=PO.O=PO.[Se]. The standard InChI is InChI=1S/2HO2P.Se/c2*1-3-2;/h2*(H,1,2);. The van der Waals surface area contributed by atoms with Crippen molar-refractivity contribution in [3.05, 3.63) is 0 Å². The monoisotopic (exact) mass is 208 g/mol. The summed E-state index contributed by atoms with van der Waals surface area (Å²) in [6.45, 7) is 0. The Kier molecular flexibility index (Phi) is 67.7. The smallest absolute Gasteiger partial charge is 0.310 e. The van der Waals surface area contributed by atoms with Crippen LogP contribution in [0.5, 0.6) is 0 Å². The van der Waals surface area contributed by atoms with Gasteiger partial charge in [-0.05, 0) is 0 Å². The second-order valence-corrected chi connectivity index (χ2v) is 0.490. The molecule has 0 heterocycles. The maximum Gasteiger partial charge on any atom is 0.324 e. The summed E-state index contributed by atoms with van der Waals surface area (Å²) in [7, 11) is -1.67. The Bertz CT molecular complexity index is 30.7. The van der Waals surface area contributed by atoms with Gasteiger partial charge in [0.05, 0.1) is 0 Å². The van der Waals surface area contributed by atoms with Crippen molar-refractivity contribution >= 4 is 34.4 Å². The van der Waals surface area contributed by atoms with Crippen LogP contribution in [0, 0.1) is 0 Å². The van der Waals surface area contributed by atoms with Crippen molar-refractivity contribution in [2.75, 3.05) is 0 Å². The van der Waals surface area contributed by atoms with Crippen LogP contribution in [-0.4, -0.2) is 26.9 Å². The van der Waals surface area contributed by atoms with Gasteiger partial charge >= 0.3 is 17.4 Å². The topological polar surface area (TPSA) is 74.6 Å². The first-order valence-electron chi connectivity index (χ1n) is 0.765. The van der Waals surface area contributed by atoms with Crippen LogP contribution in [0.2, 0.25) is 0 Å². The minimum absolute atomic E-state index is 0. The number of hydrogen-bond donors (Lipinski definition) is 2. The average Bonchev–Trinajstić information content (AvgIpc) is 1.39. The second kappa shape index (κ2) is 30.3. The van der Waals surface area contributed by atoms with Crippen molar-refractivity contribution in [2.24, 2.45) is 0 Å². The Morgan fingerprint density at radius 2 is 1.00 bits per heavy atom. The van der Waals surface area contributed by atoms with E-state index in [4.69, 9.17) is 18.9 Å². The maximum atomic E-state index is 8.46. The molecule has 0 aliphatic heterocycles. The molecule has 0 spiro atoms. The van der Waals surface area contributed by atoms with Crippen LogP contribution in [0.15, 0.2) is 0 Å². The van der Waals surface area contributed by atoms with Crippen molar-refractivity contribution in [3.8, 4) is 0 Å². The Morgan fingerprint density at radius 1 is 1.00 bits per heavy atom. The van der Waals surface area contributed by atoms with Crippen LogP contribution in [0.1, 0.15) is 0 Å². The van der Waals surface area contributed by atoms with Crippen LogP contribution in [-0.2, 0) is 9.13 Å². The van der Waals surface area contributed by atoms with Gasteiger partial charge in [0.15, 0.2) is 0 Å². The van der Waals surface area contributed by atoms with E-state index < -0.39 is 17.4 Å². The van der Waals surface area contributed by atoms with Gasteiger partial charge in [-0.3, -0.25) is 0 Å². The van der Waals surface area contributed by atoms with Gasteiger partial charge in [-0.1, -0.05) is 0 Å². The van der Waals surface area contributed by atoms with E-state index in [1.165, 1.54) is 0 Å². The van der Waals surface area contributed by atoms with E-state index in [1.807, 2.05) is 0 Å². The molecule has 0 unspecified atom stereocenters. The number of hydrogen-bond acceptors (Lipinski definition) is 2. The molecule has 4 nitrogen and oxygen atoms in total. The molecular formula is H2O4P2Se. The fraction of sp³-hybridized carbons (Fsp3) is 0. The van der Waals surface area contributed by atoms with Crippen molar-refractivity contribution in [3.63, 3.8) is 0 Å². The van der Waals surface area contributed by atoms with Crippen LogP contribution < -0.4 is 0 Å². The molecule has 0 aromatic rings. The van der Waals surface area contributed by atoms with Gasteiger partial charge in [0.1, 0.15) is 0 Å². The molecule has 42 valence electrons. The summed E-state index contributed by atoms with van der Waals surface area (Å²) in [5.74, 6) is 0. The molecule has 0 rings (SSSR count). The first-order chi connectivity index (χ1) is 2.83. The van der Waals surface area contributed by atoms with E-state index in [1.54, 1.807) is 0 Å². The zero-order chi connectivity index (χ0) is 5.41. The first kappa shape index (κ1) is 15.6.